The Kier molecular flexibility index (Phi) is 3.46. The Labute approximate surface area is 74.4 Å². The second-order valence-corrected chi connectivity index (χ2v) is 2.88. The van der Waals surface area contributed by atoms with E-state index in [0.717, 1.165) is 5.13 Å². The van der Waals surface area contributed by atoms with Crippen molar-refractivity contribution in [1.82, 2.24) is 14.7 Å². The first-order chi connectivity index (χ1) is 5.83. The molecule has 0 unspecified atom stereocenters. The zero-order valence-corrected chi connectivity index (χ0v) is 7.52. The molecule has 0 fully saturated rings. The highest BCUT2D eigenvalue weighted by Gasteiger charge is 1.98. The molecule has 1 aromatic heterocycles. The molecule has 2 N–H and O–H groups in total. The minimum Gasteiger partial charge on any atom is -0.360 e. The van der Waals surface area contributed by atoms with Crippen LogP contribution in [0.4, 0.5) is 5.13 Å². The molecular formula is C6H10N4OS. The highest BCUT2D eigenvalue weighted by molar-refractivity contribution is 7.09. The van der Waals surface area contributed by atoms with Gasteiger partial charge < -0.3 is 10.6 Å². The van der Waals surface area contributed by atoms with Crippen molar-refractivity contribution in [2.75, 3.05) is 18.9 Å². The Balaban J connectivity index is 2.15. The summed E-state index contributed by atoms with van der Waals surface area (Å²) in [6.45, 7) is 0.592. The van der Waals surface area contributed by atoms with E-state index < -0.39 is 0 Å². The molecular weight excluding hydrogens is 176 g/mol. The van der Waals surface area contributed by atoms with Crippen LogP contribution in [0.15, 0.2) is 6.33 Å². The average Bonchev–Trinajstić information content (AvgIpc) is 2.57. The van der Waals surface area contributed by atoms with Gasteiger partial charge in [-0.25, -0.2) is 4.98 Å². The first-order valence-corrected chi connectivity index (χ1v) is 4.31. The Bertz CT molecular complexity index is 236. The predicted octanol–water partition coefficient (Wildman–Crippen LogP) is 0.0861. The molecule has 0 bridgehead atoms. The first-order valence-electron chi connectivity index (χ1n) is 3.54. The van der Waals surface area contributed by atoms with Crippen LogP contribution in [-0.4, -0.2) is 28.9 Å². The zero-order chi connectivity index (χ0) is 8.81. The SMILES string of the molecule is CNC(=O)CCNc1ncns1. The van der Waals surface area contributed by atoms with Crippen molar-refractivity contribution in [2.24, 2.45) is 0 Å². The van der Waals surface area contributed by atoms with Gasteiger partial charge in [0.05, 0.1) is 0 Å². The number of aromatic nitrogens is 2. The fourth-order valence-corrected chi connectivity index (χ4v) is 1.11. The van der Waals surface area contributed by atoms with Crippen LogP contribution < -0.4 is 10.6 Å². The van der Waals surface area contributed by atoms with E-state index in [0.29, 0.717) is 13.0 Å². The number of carbonyl (C=O) groups excluding carboxylic acids is 1. The lowest BCUT2D eigenvalue weighted by Gasteiger charge is -1.99. The maximum Gasteiger partial charge on any atom is 0.221 e. The van der Waals surface area contributed by atoms with E-state index in [-0.39, 0.29) is 5.91 Å². The lowest BCUT2D eigenvalue weighted by molar-refractivity contribution is -0.120. The quantitative estimate of drug-likeness (QED) is 0.699. The molecule has 5 nitrogen and oxygen atoms in total. The van der Waals surface area contributed by atoms with E-state index in [1.54, 1.807) is 7.05 Å². The largest absolute Gasteiger partial charge is 0.360 e. The molecule has 0 aliphatic rings. The smallest absolute Gasteiger partial charge is 0.221 e. The van der Waals surface area contributed by atoms with Crippen molar-refractivity contribution in [3.05, 3.63) is 6.33 Å². The summed E-state index contributed by atoms with van der Waals surface area (Å²) in [5.74, 6) is 0.0204. The highest BCUT2D eigenvalue weighted by atomic mass is 32.1. The summed E-state index contributed by atoms with van der Waals surface area (Å²) >= 11 is 1.28. The minimum absolute atomic E-state index is 0.0204. The zero-order valence-electron chi connectivity index (χ0n) is 6.70. The molecule has 1 amide bonds. The second-order valence-electron chi connectivity index (χ2n) is 2.10. The summed E-state index contributed by atoms with van der Waals surface area (Å²) in [7, 11) is 1.62. The predicted molar refractivity (Wildman–Crippen MR) is 47.1 cm³/mol. The number of hydrogen-bond donors (Lipinski definition) is 2. The van der Waals surface area contributed by atoms with Crippen LogP contribution in [-0.2, 0) is 4.79 Å². The fourth-order valence-electron chi connectivity index (χ4n) is 0.659. The van der Waals surface area contributed by atoms with Gasteiger partial charge in [0.15, 0.2) is 0 Å². The van der Waals surface area contributed by atoms with Crippen molar-refractivity contribution in [1.29, 1.82) is 0 Å². The molecule has 0 aliphatic carbocycles. The second kappa shape index (κ2) is 4.66. The van der Waals surface area contributed by atoms with Crippen LogP contribution in [0.25, 0.3) is 0 Å². The number of nitrogens with one attached hydrogen (secondary N) is 2. The van der Waals surface area contributed by atoms with Gasteiger partial charge in [-0.2, -0.15) is 4.37 Å². The van der Waals surface area contributed by atoms with E-state index >= 15 is 0 Å². The molecule has 0 radical (unpaired) electrons. The molecule has 0 spiro atoms. The monoisotopic (exact) mass is 186 g/mol. The van der Waals surface area contributed by atoms with Crippen LogP contribution >= 0.6 is 11.5 Å². The van der Waals surface area contributed by atoms with Gasteiger partial charge in [0, 0.05) is 31.5 Å². The van der Waals surface area contributed by atoms with Crippen LogP contribution in [0.3, 0.4) is 0 Å². The topological polar surface area (TPSA) is 66.9 Å². The molecule has 12 heavy (non-hydrogen) atoms. The van der Waals surface area contributed by atoms with Crippen LogP contribution in [0, 0.1) is 0 Å². The third kappa shape index (κ3) is 2.83. The highest BCUT2D eigenvalue weighted by Crippen LogP contribution is 2.05. The van der Waals surface area contributed by atoms with Crippen LogP contribution in [0.1, 0.15) is 6.42 Å². The summed E-state index contributed by atoms with van der Waals surface area (Å²) in [6.07, 6.45) is 1.93. The summed E-state index contributed by atoms with van der Waals surface area (Å²) < 4.78 is 3.81. The Morgan fingerprint density at radius 1 is 1.75 bits per heavy atom. The third-order valence-electron chi connectivity index (χ3n) is 1.27. The molecule has 1 aromatic rings. The van der Waals surface area contributed by atoms with Gasteiger partial charge in [-0.15, -0.1) is 0 Å². The van der Waals surface area contributed by atoms with Crippen molar-refractivity contribution in [3.63, 3.8) is 0 Å². The molecule has 0 saturated carbocycles. The Morgan fingerprint density at radius 3 is 3.17 bits per heavy atom. The van der Waals surface area contributed by atoms with Gasteiger partial charge in [0.1, 0.15) is 6.33 Å². The minimum atomic E-state index is 0.0204. The number of amides is 1. The standard InChI is InChI=1S/C6H10N4OS/c1-7-5(11)2-3-8-6-9-4-10-12-6/h4H,2-3H2,1H3,(H,7,11)(H,8,9,10). The maximum absolute atomic E-state index is 10.8. The lowest BCUT2D eigenvalue weighted by Crippen LogP contribution is -2.20. The fraction of sp³-hybridized carbons (Fsp3) is 0.500. The summed E-state index contributed by atoms with van der Waals surface area (Å²) in [5.41, 5.74) is 0. The number of anilines is 1. The van der Waals surface area contributed by atoms with E-state index in [2.05, 4.69) is 20.0 Å². The number of nitrogens with zero attached hydrogens (tertiary/aromatic N) is 2. The van der Waals surface area contributed by atoms with Crippen molar-refractivity contribution < 1.29 is 4.79 Å². The van der Waals surface area contributed by atoms with Gasteiger partial charge in [-0.1, -0.05) is 0 Å². The first kappa shape index (κ1) is 8.92. The Hall–Kier alpha value is -1.17. The van der Waals surface area contributed by atoms with E-state index in [4.69, 9.17) is 0 Å². The van der Waals surface area contributed by atoms with Gasteiger partial charge in [0.2, 0.25) is 11.0 Å². The number of rotatable bonds is 4. The van der Waals surface area contributed by atoms with Gasteiger partial charge in [-0.3, -0.25) is 4.79 Å². The molecule has 0 aromatic carbocycles. The van der Waals surface area contributed by atoms with Crippen LogP contribution in [0.5, 0.6) is 0 Å². The molecule has 1 heterocycles. The molecule has 66 valence electrons. The summed E-state index contributed by atoms with van der Waals surface area (Å²) in [6, 6.07) is 0. The number of carbonyl (C=O) groups is 1. The summed E-state index contributed by atoms with van der Waals surface area (Å²) in [4.78, 5) is 14.7. The average molecular weight is 186 g/mol. The van der Waals surface area contributed by atoms with Crippen LogP contribution in [0.2, 0.25) is 0 Å². The normalized spacial score (nSPS) is 9.42. The van der Waals surface area contributed by atoms with Gasteiger partial charge in [0.25, 0.3) is 0 Å². The third-order valence-corrected chi connectivity index (χ3v) is 1.89. The summed E-state index contributed by atoms with van der Waals surface area (Å²) in [5, 5.41) is 6.26. The van der Waals surface area contributed by atoms with Crippen molar-refractivity contribution in [2.45, 2.75) is 6.42 Å². The van der Waals surface area contributed by atoms with Crippen molar-refractivity contribution in [3.8, 4) is 0 Å². The van der Waals surface area contributed by atoms with Gasteiger partial charge in [-0.05, 0) is 0 Å². The lowest BCUT2D eigenvalue weighted by atomic mass is 10.4. The molecule has 6 heteroatoms. The van der Waals surface area contributed by atoms with Gasteiger partial charge >= 0.3 is 0 Å². The van der Waals surface area contributed by atoms with E-state index in [9.17, 15) is 4.79 Å². The maximum atomic E-state index is 10.8. The van der Waals surface area contributed by atoms with E-state index in [1.165, 1.54) is 17.9 Å². The van der Waals surface area contributed by atoms with Crippen molar-refractivity contribution >= 4 is 22.6 Å². The Morgan fingerprint density at radius 2 is 2.58 bits per heavy atom. The number of hydrogen-bond acceptors (Lipinski definition) is 5. The molecule has 1 rings (SSSR count). The molecule has 0 aliphatic heterocycles. The van der Waals surface area contributed by atoms with E-state index in [1.807, 2.05) is 0 Å². The molecule has 0 saturated heterocycles. The molecule has 0 atom stereocenters.